The molecule has 0 amide bonds. The summed E-state index contributed by atoms with van der Waals surface area (Å²) in [6.45, 7) is 5.66. The number of nitrogens with one attached hydrogen (secondary N) is 1. The van der Waals surface area contributed by atoms with E-state index >= 15 is 0 Å². The summed E-state index contributed by atoms with van der Waals surface area (Å²) in [6.07, 6.45) is 9.48. The van der Waals surface area contributed by atoms with Crippen LogP contribution in [0.2, 0.25) is 0 Å². The van der Waals surface area contributed by atoms with Crippen LogP contribution in [0, 0.1) is 5.92 Å². The van der Waals surface area contributed by atoms with Crippen molar-refractivity contribution in [1.29, 1.82) is 0 Å². The molecule has 0 spiro atoms. The summed E-state index contributed by atoms with van der Waals surface area (Å²) in [6, 6.07) is 0.874. The molecule has 106 valence electrons. The molecule has 0 aromatic rings. The monoisotopic (exact) mass is 254 g/mol. The lowest BCUT2D eigenvalue weighted by Gasteiger charge is -2.27. The minimum Gasteiger partial charge on any atom is -0.381 e. The Bertz CT molecular complexity index is 213. The van der Waals surface area contributed by atoms with E-state index in [9.17, 15) is 0 Å². The highest BCUT2D eigenvalue weighted by molar-refractivity contribution is 4.80. The zero-order chi connectivity index (χ0) is 12.6. The third-order valence-corrected chi connectivity index (χ3v) is 4.05. The zero-order valence-corrected chi connectivity index (χ0v) is 12.0. The maximum atomic E-state index is 5.53. The van der Waals surface area contributed by atoms with E-state index in [1.807, 2.05) is 0 Å². The normalized spacial score (nSPS) is 24.7. The van der Waals surface area contributed by atoms with Gasteiger partial charge in [-0.05, 0) is 64.6 Å². The average Bonchev–Trinajstić information content (AvgIpc) is 3.19. The van der Waals surface area contributed by atoms with Gasteiger partial charge in [0.05, 0.1) is 6.61 Å². The summed E-state index contributed by atoms with van der Waals surface area (Å²) in [5, 5.41) is 3.58. The molecule has 3 heteroatoms. The van der Waals surface area contributed by atoms with Crippen molar-refractivity contribution >= 4 is 0 Å². The standard InChI is InChI=1S/C15H30N2O/c1-17(12-14-6-5-11-18-13-14)10-4-2-3-9-16-15-7-8-15/h14-16H,2-13H2,1H3. The molecular weight excluding hydrogens is 224 g/mol. The van der Waals surface area contributed by atoms with Crippen LogP contribution in [-0.4, -0.2) is 50.8 Å². The van der Waals surface area contributed by atoms with Crippen molar-refractivity contribution in [2.24, 2.45) is 5.92 Å². The predicted molar refractivity (Wildman–Crippen MR) is 75.9 cm³/mol. The summed E-state index contributed by atoms with van der Waals surface area (Å²) < 4.78 is 5.53. The van der Waals surface area contributed by atoms with Crippen molar-refractivity contribution in [3.8, 4) is 0 Å². The molecule has 1 heterocycles. The van der Waals surface area contributed by atoms with Crippen LogP contribution in [0.4, 0.5) is 0 Å². The maximum Gasteiger partial charge on any atom is 0.0506 e. The molecule has 1 unspecified atom stereocenters. The van der Waals surface area contributed by atoms with Crippen LogP contribution in [0.1, 0.15) is 44.9 Å². The fourth-order valence-electron chi connectivity index (χ4n) is 2.76. The van der Waals surface area contributed by atoms with Gasteiger partial charge < -0.3 is 15.0 Å². The number of ether oxygens (including phenoxy) is 1. The van der Waals surface area contributed by atoms with E-state index < -0.39 is 0 Å². The summed E-state index contributed by atoms with van der Waals surface area (Å²) in [5.74, 6) is 0.778. The Hall–Kier alpha value is -0.120. The zero-order valence-electron chi connectivity index (χ0n) is 12.0. The first-order valence-corrected chi connectivity index (χ1v) is 7.84. The average molecular weight is 254 g/mol. The van der Waals surface area contributed by atoms with E-state index in [0.717, 1.165) is 25.2 Å². The largest absolute Gasteiger partial charge is 0.381 e. The molecule has 18 heavy (non-hydrogen) atoms. The van der Waals surface area contributed by atoms with Crippen molar-refractivity contribution in [2.75, 3.05) is 39.9 Å². The first kappa shape index (κ1) is 14.3. The molecule has 0 bridgehead atoms. The lowest BCUT2D eigenvalue weighted by molar-refractivity contribution is 0.0419. The minimum atomic E-state index is 0.778. The second-order valence-electron chi connectivity index (χ2n) is 6.13. The van der Waals surface area contributed by atoms with E-state index in [0.29, 0.717) is 0 Å². The SMILES string of the molecule is CN(CCCCCNC1CC1)CC1CCCOC1. The van der Waals surface area contributed by atoms with Gasteiger partial charge in [0.15, 0.2) is 0 Å². The van der Waals surface area contributed by atoms with Crippen molar-refractivity contribution in [3.63, 3.8) is 0 Å². The molecule has 3 nitrogen and oxygen atoms in total. The van der Waals surface area contributed by atoms with Gasteiger partial charge in [0.2, 0.25) is 0 Å². The highest BCUT2D eigenvalue weighted by Crippen LogP contribution is 2.18. The summed E-state index contributed by atoms with van der Waals surface area (Å²) in [4.78, 5) is 2.49. The number of rotatable bonds is 9. The molecule has 1 aliphatic heterocycles. The molecule has 0 radical (unpaired) electrons. The molecule has 1 saturated carbocycles. The number of nitrogens with zero attached hydrogens (tertiary/aromatic N) is 1. The third-order valence-electron chi connectivity index (χ3n) is 4.05. The molecule has 2 aliphatic rings. The highest BCUT2D eigenvalue weighted by Gasteiger charge is 2.19. The molecule has 0 aromatic heterocycles. The number of hydrogen-bond acceptors (Lipinski definition) is 3. The van der Waals surface area contributed by atoms with Crippen molar-refractivity contribution < 1.29 is 4.74 Å². The quantitative estimate of drug-likeness (QED) is 0.639. The second kappa shape index (κ2) is 8.13. The van der Waals surface area contributed by atoms with Gasteiger partial charge in [-0.2, -0.15) is 0 Å². The lowest BCUT2D eigenvalue weighted by Crippen LogP contribution is -2.31. The molecule has 1 saturated heterocycles. The molecule has 1 aliphatic carbocycles. The van der Waals surface area contributed by atoms with Crippen molar-refractivity contribution in [1.82, 2.24) is 10.2 Å². The Labute approximate surface area is 112 Å². The molecular formula is C15H30N2O. The van der Waals surface area contributed by atoms with Crippen molar-refractivity contribution in [2.45, 2.75) is 51.0 Å². The smallest absolute Gasteiger partial charge is 0.0506 e. The van der Waals surface area contributed by atoms with E-state index in [1.165, 1.54) is 64.6 Å². The van der Waals surface area contributed by atoms with Gasteiger partial charge in [-0.3, -0.25) is 0 Å². The first-order valence-electron chi connectivity index (χ1n) is 7.84. The number of unbranched alkanes of at least 4 members (excludes halogenated alkanes) is 2. The summed E-state index contributed by atoms with van der Waals surface area (Å²) in [5.41, 5.74) is 0. The van der Waals surface area contributed by atoms with Crippen molar-refractivity contribution in [3.05, 3.63) is 0 Å². The highest BCUT2D eigenvalue weighted by atomic mass is 16.5. The van der Waals surface area contributed by atoms with Gasteiger partial charge in [-0.15, -0.1) is 0 Å². The van der Waals surface area contributed by atoms with Gasteiger partial charge >= 0.3 is 0 Å². The van der Waals surface area contributed by atoms with Crippen LogP contribution < -0.4 is 5.32 Å². The number of hydrogen-bond donors (Lipinski definition) is 1. The van der Waals surface area contributed by atoms with E-state index in [-0.39, 0.29) is 0 Å². The van der Waals surface area contributed by atoms with Gasteiger partial charge in [-0.1, -0.05) is 6.42 Å². The van der Waals surface area contributed by atoms with E-state index in [4.69, 9.17) is 4.74 Å². The molecule has 1 N–H and O–H groups in total. The Balaban J connectivity index is 1.39. The minimum absolute atomic E-state index is 0.778. The Morgan fingerprint density at radius 1 is 1.17 bits per heavy atom. The van der Waals surface area contributed by atoms with Gasteiger partial charge in [-0.25, -0.2) is 0 Å². The fourth-order valence-corrected chi connectivity index (χ4v) is 2.76. The molecule has 1 atom stereocenters. The summed E-state index contributed by atoms with van der Waals surface area (Å²) in [7, 11) is 2.26. The fraction of sp³-hybridized carbons (Fsp3) is 1.00. The van der Waals surface area contributed by atoms with Gasteiger partial charge in [0.25, 0.3) is 0 Å². The third kappa shape index (κ3) is 6.17. The maximum absolute atomic E-state index is 5.53. The van der Waals surface area contributed by atoms with Gasteiger partial charge in [0.1, 0.15) is 0 Å². The molecule has 2 fully saturated rings. The lowest BCUT2D eigenvalue weighted by atomic mass is 10.0. The van der Waals surface area contributed by atoms with Crippen LogP contribution in [-0.2, 0) is 4.74 Å². The first-order chi connectivity index (χ1) is 8.84. The van der Waals surface area contributed by atoms with Crippen LogP contribution in [0.25, 0.3) is 0 Å². The van der Waals surface area contributed by atoms with Crippen LogP contribution in [0.15, 0.2) is 0 Å². The molecule has 2 rings (SSSR count). The Morgan fingerprint density at radius 2 is 2.06 bits per heavy atom. The predicted octanol–water partition coefficient (Wildman–Crippen LogP) is 2.27. The van der Waals surface area contributed by atoms with E-state index in [2.05, 4.69) is 17.3 Å². The summed E-state index contributed by atoms with van der Waals surface area (Å²) >= 11 is 0. The van der Waals surface area contributed by atoms with Crippen LogP contribution in [0.3, 0.4) is 0 Å². The second-order valence-corrected chi connectivity index (χ2v) is 6.13. The van der Waals surface area contributed by atoms with Crippen LogP contribution in [0.5, 0.6) is 0 Å². The topological polar surface area (TPSA) is 24.5 Å². The Morgan fingerprint density at radius 3 is 2.78 bits per heavy atom. The molecule has 0 aromatic carbocycles. The van der Waals surface area contributed by atoms with Crippen LogP contribution >= 0.6 is 0 Å². The van der Waals surface area contributed by atoms with Gasteiger partial charge in [0, 0.05) is 19.2 Å². The Kier molecular flexibility index (Phi) is 6.46. The van der Waals surface area contributed by atoms with E-state index in [1.54, 1.807) is 0 Å².